The molecule has 0 saturated heterocycles. The van der Waals surface area contributed by atoms with Crippen LogP contribution in [0.1, 0.15) is 49.9 Å². The summed E-state index contributed by atoms with van der Waals surface area (Å²) in [5, 5.41) is 3.87. The summed E-state index contributed by atoms with van der Waals surface area (Å²) >= 11 is 6.20. The maximum Gasteiger partial charge on any atom is 0.261 e. The number of amides is 1. The molecule has 0 radical (unpaired) electrons. The zero-order valence-corrected chi connectivity index (χ0v) is 16.9. The average molecular weight is 374 g/mol. The first-order valence-electron chi connectivity index (χ1n) is 9.06. The summed E-state index contributed by atoms with van der Waals surface area (Å²) < 4.78 is 5.86. The van der Waals surface area contributed by atoms with Crippen molar-refractivity contribution in [1.82, 2.24) is 5.32 Å². The molecule has 2 rings (SSSR count). The van der Waals surface area contributed by atoms with Crippen molar-refractivity contribution in [2.75, 3.05) is 0 Å². The van der Waals surface area contributed by atoms with Gasteiger partial charge in [0.1, 0.15) is 5.75 Å². The highest BCUT2D eigenvalue weighted by molar-refractivity contribution is 6.32. The van der Waals surface area contributed by atoms with E-state index in [-0.39, 0.29) is 11.9 Å². The Hall–Kier alpha value is -2.00. The van der Waals surface area contributed by atoms with Crippen molar-refractivity contribution in [2.24, 2.45) is 5.92 Å². The maximum atomic E-state index is 12.7. The van der Waals surface area contributed by atoms with Crippen molar-refractivity contribution in [1.29, 1.82) is 0 Å². The molecule has 0 aliphatic rings. The number of hydrogen-bond donors (Lipinski definition) is 1. The van der Waals surface area contributed by atoms with Gasteiger partial charge in [-0.15, -0.1) is 0 Å². The average Bonchev–Trinajstić information content (AvgIpc) is 2.59. The smallest absolute Gasteiger partial charge is 0.261 e. The fourth-order valence-corrected chi connectivity index (χ4v) is 3.07. The molecular formula is C22H28ClNO2. The molecule has 1 N–H and O–H groups in total. The zero-order chi connectivity index (χ0) is 19.3. The Bertz CT molecular complexity index is 720. The minimum absolute atomic E-state index is 0.0246. The fourth-order valence-electron chi connectivity index (χ4n) is 2.96. The Morgan fingerprint density at radius 2 is 1.65 bits per heavy atom. The van der Waals surface area contributed by atoms with Crippen molar-refractivity contribution in [3.63, 3.8) is 0 Å². The Morgan fingerprint density at radius 3 is 2.19 bits per heavy atom. The van der Waals surface area contributed by atoms with Crippen LogP contribution in [0.25, 0.3) is 0 Å². The third-order valence-corrected chi connectivity index (χ3v) is 4.91. The molecule has 0 aliphatic carbocycles. The van der Waals surface area contributed by atoms with E-state index in [4.69, 9.17) is 16.3 Å². The van der Waals surface area contributed by atoms with E-state index < -0.39 is 6.10 Å². The standard InChI is InChI=1S/C22H28ClNO2/c1-14(2)11-20(18-9-7-6-8-10-18)24-22(25)17(5)26-19-12-15(3)21(23)16(4)13-19/h6-10,12-14,17,20H,11H2,1-5H3,(H,24,25)/t17-,20-/m1/s1. The van der Waals surface area contributed by atoms with E-state index in [0.717, 1.165) is 28.1 Å². The largest absolute Gasteiger partial charge is 0.481 e. The number of carbonyl (C=O) groups excluding carboxylic acids is 1. The second kappa shape index (κ2) is 9.09. The van der Waals surface area contributed by atoms with E-state index in [1.807, 2.05) is 56.3 Å². The van der Waals surface area contributed by atoms with E-state index >= 15 is 0 Å². The monoisotopic (exact) mass is 373 g/mol. The first kappa shape index (κ1) is 20.3. The van der Waals surface area contributed by atoms with Gasteiger partial charge >= 0.3 is 0 Å². The van der Waals surface area contributed by atoms with Crippen molar-refractivity contribution in [2.45, 2.75) is 53.2 Å². The second-order valence-corrected chi connectivity index (χ2v) is 7.61. The Balaban J connectivity index is 2.08. The van der Waals surface area contributed by atoms with Gasteiger partial charge in [-0.1, -0.05) is 55.8 Å². The van der Waals surface area contributed by atoms with E-state index in [1.165, 1.54) is 0 Å². The van der Waals surface area contributed by atoms with Gasteiger partial charge in [-0.25, -0.2) is 0 Å². The molecule has 0 spiro atoms. The van der Waals surface area contributed by atoms with Crippen molar-refractivity contribution in [3.05, 3.63) is 64.2 Å². The van der Waals surface area contributed by atoms with Gasteiger partial charge in [0, 0.05) is 5.02 Å². The summed E-state index contributed by atoms with van der Waals surface area (Å²) in [5.74, 6) is 1.01. The number of aryl methyl sites for hydroxylation is 2. The summed E-state index contributed by atoms with van der Waals surface area (Å²) in [6.45, 7) is 9.94. The zero-order valence-electron chi connectivity index (χ0n) is 16.2. The van der Waals surface area contributed by atoms with E-state index in [1.54, 1.807) is 6.92 Å². The molecule has 26 heavy (non-hydrogen) atoms. The Labute approximate surface area is 161 Å². The lowest BCUT2D eigenvalue weighted by Crippen LogP contribution is -2.39. The molecule has 140 valence electrons. The van der Waals surface area contributed by atoms with Gasteiger partial charge in [0.25, 0.3) is 5.91 Å². The molecule has 4 heteroatoms. The molecule has 2 aromatic rings. The SMILES string of the molecule is Cc1cc(O[C@H](C)C(=O)N[C@H](CC(C)C)c2ccccc2)cc(C)c1Cl. The highest BCUT2D eigenvalue weighted by Crippen LogP contribution is 2.27. The minimum atomic E-state index is -0.589. The summed E-state index contributed by atoms with van der Waals surface area (Å²) in [6.07, 6.45) is 0.287. The lowest BCUT2D eigenvalue weighted by atomic mass is 9.97. The van der Waals surface area contributed by atoms with Crippen LogP contribution in [0, 0.1) is 19.8 Å². The van der Waals surface area contributed by atoms with Gasteiger partial charge < -0.3 is 10.1 Å². The number of halogens is 1. The molecule has 2 aromatic carbocycles. The van der Waals surface area contributed by atoms with Crippen LogP contribution in [0.2, 0.25) is 5.02 Å². The molecule has 3 nitrogen and oxygen atoms in total. The molecule has 2 atom stereocenters. The summed E-state index contributed by atoms with van der Waals surface area (Å²) in [5.41, 5.74) is 2.99. The summed E-state index contributed by atoms with van der Waals surface area (Å²) in [7, 11) is 0. The van der Waals surface area contributed by atoms with Gasteiger partial charge in [0.2, 0.25) is 0 Å². The summed E-state index contributed by atoms with van der Waals surface area (Å²) in [4.78, 5) is 12.7. The van der Waals surface area contributed by atoms with Crippen LogP contribution < -0.4 is 10.1 Å². The van der Waals surface area contributed by atoms with Crippen LogP contribution in [0.3, 0.4) is 0 Å². The van der Waals surface area contributed by atoms with Crippen LogP contribution in [-0.4, -0.2) is 12.0 Å². The highest BCUT2D eigenvalue weighted by atomic mass is 35.5. The molecule has 0 saturated carbocycles. The molecule has 0 fully saturated rings. The number of benzene rings is 2. The van der Waals surface area contributed by atoms with Gasteiger partial charge in [-0.2, -0.15) is 0 Å². The first-order chi connectivity index (χ1) is 12.3. The van der Waals surface area contributed by atoms with E-state index in [0.29, 0.717) is 11.7 Å². The van der Waals surface area contributed by atoms with Crippen LogP contribution in [-0.2, 0) is 4.79 Å². The van der Waals surface area contributed by atoms with E-state index in [2.05, 4.69) is 19.2 Å². The van der Waals surface area contributed by atoms with Crippen molar-refractivity contribution < 1.29 is 9.53 Å². The molecule has 0 aliphatic heterocycles. The Morgan fingerprint density at radius 1 is 1.08 bits per heavy atom. The highest BCUT2D eigenvalue weighted by Gasteiger charge is 2.21. The lowest BCUT2D eigenvalue weighted by molar-refractivity contribution is -0.128. The molecule has 0 heterocycles. The summed E-state index contributed by atoms with van der Waals surface area (Å²) in [6, 6.07) is 13.8. The number of rotatable bonds is 7. The second-order valence-electron chi connectivity index (χ2n) is 7.23. The molecular weight excluding hydrogens is 346 g/mol. The third-order valence-electron chi connectivity index (χ3n) is 4.32. The minimum Gasteiger partial charge on any atom is -0.481 e. The molecule has 0 aromatic heterocycles. The fraction of sp³-hybridized carbons (Fsp3) is 0.409. The normalized spacial score (nSPS) is 13.3. The van der Waals surface area contributed by atoms with Crippen molar-refractivity contribution >= 4 is 17.5 Å². The Kier molecular flexibility index (Phi) is 7.10. The quantitative estimate of drug-likeness (QED) is 0.683. The van der Waals surface area contributed by atoms with Gasteiger partial charge in [-0.3, -0.25) is 4.79 Å². The first-order valence-corrected chi connectivity index (χ1v) is 9.44. The van der Waals surface area contributed by atoms with Crippen LogP contribution in [0.15, 0.2) is 42.5 Å². The topological polar surface area (TPSA) is 38.3 Å². The number of hydrogen-bond acceptors (Lipinski definition) is 2. The van der Waals surface area contributed by atoms with Crippen LogP contribution in [0.5, 0.6) is 5.75 Å². The lowest BCUT2D eigenvalue weighted by Gasteiger charge is -2.24. The van der Waals surface area contributed by atoms with Crippen LogP contribution in [0.4, 0.5) is 0 Å². The molecule has 1 amide bonds. The van der Waals surface area contributed by atoms with Gasteiger partial charge in [0.15, 0.2) is 6.10 Å². The van der Waals surface area contributed by atoms with Gasteiger partial charge in [-0.05, 0) is 61.9 Å². The van der Waals surface area contributed by atoms with Gasteiger partial charge in [0.05, 0.1) is 6.04 Å². The van der Waals surface area contributed by atoms with Crippen LogP contribution >= 0.6 is 11.6 Å². The van der Waals surface area contributed by atoms with Crippen molar-refractivity contribution in [3.8, 4) is 5.75 Å². The van der Waals surface area contributed by atoms with E-state index in [9.17, 15) is 4.79 Å². The third kappa shape index (κ3) is 5.50. The predicted octanol–water partition coefficient (Wildman–Crippen LogP) is 5.63. The number of ether oxygens (including phenoxy) is 1. The number of carbonyl (C=O) groups is 1. The molecule has 0 bridgehead atoms. The maximum absolute atomic E-state index is 12.7. The predicted molar refractivity (Wildman–Crippen MR) is 108 cm³/mol. The molecule has 0 unspecified atom stereocenters. The number of nitrogens with one attached hydrogen (secondary N) is 1.